The van der Waals surface area contributed by atoms with Crippen molar-refractivity contribution >= 4 is 39.3 Å². The number of anilines is 1. The Balaban J connectivity index is 1.40. The molecule has 3 unspecified atom stereocenters. The predicted molar refractivity (Wildman–Crippen MR) is 155 cm³/mol. The second-order valence-electron chi connectivity index (χ2n) is 11.6. The summed E-state index contributed by atoms with van der Waals surface area (Å²) in [5.74, 6) is -2.03. The molecule has 1 spiro atoms. The monoisotopic (exact) mass is 636 g/mol. The highest BCUT2D eigenvalue weighted by Crippen LogP contribution is 2.60. The fourth-order valence-corrected chi connectivity index (χ4v) is 7.87. The van der Waals surface area contributed by atoms with E-state index in [0.29, 0.717) is 50.8 Å². The van der Waals surface area contributed by atoms with Crippen LogP contribution in [0.1, 0.15) is 27.2 Å². The highest BCUT2D eigenvalue weighted by molar-refractivity contribution is 9.09. The van der Waals surface area contributed by atoms with Crippen molar-refractivity contribution < 1.29 is 33.7 Å². The fraction of sp³-hybridized carbons (Fsp3) is 0.690. The minimum atomic E-state index is -1.18. The zero-order chi connectivity index (χ0) is 29.3. The number of rotatable bonds is 11. The molecular weight excluding hydrogens is 596 g/mol. The second kappa shape index (κ2) is 12.5. The van der Waals surface area contributed by atoms with E-state index in [1.165, 1.54) is 4.90 Å². The van der Waals surface area contributed by atoms with Gasteiger partial charge < -0.3 is 34.9 Å². The van der Waals surface area contributed by atoms with Gasteiger partial charge in [0.25, 0.3) is 0 Å². The second-order valence-corrected chi connectivity index (χ2v) is 12.8. The summed E-state index contributed by atoms with van der Waals surface area (Å²) in [7, 11) is 0. The Hall–Kier alpha value is -2.25. The van der Waals surface area contributed by atoms with E-state index in [-0.39, 0.29) is 35.1 Å². The smallest absolute Gasteiger partial charge is 0.245 e. The quantitative estimate of drug-likeness (QED) is 0.310. The lowest BCUT2D eigenvalue weighted by Crippen LogP contribution is -2.59. The number of carbonyl (C=O) groups excluding carboxylic acids is 3. The summed E-state index contributed by atoms with van der Waals surface area (Å²) < 4.78 is 17.5. The van der Waals surface area contributed by atoms with Crippen LogP contribution in [0, 0.1) is 17.8 Å². The summed E-state index contributed by atoms with van der Waals surface area (Å²) in [6, 6.07) is 5.51. The Morgan fingerprint density at radius 2 is 1.90 bits per heavy atom. The molecule has 0 radical (unpaired) electrons. The van der Waals surface area contributed by atoms with Crippen LogP contribution < -0.4 is 15.4 Å². The molecule has 5 rings (SSSR count). The van der Waals surface area contributed by atoms with E-state index in [9.17, 15) is 19.5 Å². The molecule has 3 amide bonds. The van der Waals surface area contributed by atoms with Crippen LogP contribution in [-0.4, -0.2) is 114 Å². The average Bonchev–Trinajstić information content (AvgIpc) is 3.54. The van der Waals surface area contributed by atoms with E-state index in [1.54, 1.807) is 24.3 Å². The zero-order valence-corrected chi connectivity index (χ0v) is 25.5. The molecule has 0 aromatic heterocycles. The molecule has 12 heteroatoms. The van der Waals surface area contributed by atoms with Crippen LogP contribution in [0.25, 0.3) is 0 Å². The minimum Gasteiger partial charge on any atom is -0.494 e. The number of ether oxygens (including phenoxy) is 3. The van der Waals surface area contributed by atoms with Crippen molar-refractivity contribution in [1.82, 2.24) is 15.1 Å². The number of amides is 3. The first-order valence-electron chi connectivity index (χ1n) is 14.6. The third-order valence-electron chi connectivity index (χ3n) is 8.86. The molecule has 4 saturated heterocycles. The number of likely N-dealkylation sites (tertiary alicyclic amines) is 1. The van der Waals surface area contributed by atoms with Gasteiger partial charge in [-0.25, -0.2) is 0 Å². The Bertz CT molecular complexity index is 1110. The lowest BCUT2D eigenvalue weighted by atomic mass is 9.70. The predicted octanol–water partition coefficient (Wildman–Crippen LogP) is 1.24. The molecule has 1 aromatic rings. The summed E-state index contributed by atoms with van der Waals surface area (Å²) in [4.78, 5) is 45.5. The molecule has 0 saturated carbocycles. The number of nitrogens with one attached hydrogen (secondary N) is 2. The lowest BCUT2D eigenvalue weighted by molar-refractivity contribution is -0.146. The maximum absolute atomic E-state index is 14.2. The molecule has 11 nitrogen and oxygen atoms in total. The van der Waals surface area contributed by atoms with Gasteiger partial charge in [-0.15, -0.1) is 0 Å². The van der Waals surface area contributed by atoms with Crippen molar-refractivity contribution in [1.29, 1.82) is 0 Å². The van der Waals surface area contributed by atoms with Crippen LogP contribution in [-0.2, 0) is 23.9 Å². The number of hydrogen-bond acceptors (Lipinski definition) is 8. The number of alkyl halides is 1. The van der Waals surface area contributed by atoms with Gasteiger partial charge in [0.15, 0.2) is 0 Å². The molecule has 1 aromatic carbocycles. The minimum absolute atomic E-state index is 0.115. The van der Waals surface area contributed by atoms with Crippen molar-refractivity contribution in [2.45, 2.75) is 55.8 Å². The van der Waals surface area contributed by atoms with Crippen molar-refractivity contribution in [3.8, 4) is 5.75 Å². The summed E-state index contributed by atoms with van der Waals surface area (Å²) in [6.45, 7) is 9.97. The molecular formula is C29H41BrN4O7. The van der Waals surface area contributed by atoms with Crippen molar-refractivity contribution in [3.63, 3.8) is 0 Å². The molecule has 4 heterocycles. The van der Waals surface area contributed by atoms with Gasteiger partial charge in [-0.05, 0) is 43.5 Å². The molecule has 3 N–H and O–H groups in total. The summed E-state index contributed by atoms with van der Waals surface area (Å²) in [6.07, 6.45) is -0.154. The van der Waals surface area contributed by atoms with Crippen LogP contribution in [0.2, 0.25) is 0 Å². The maximum Gasteiger partial charge on any atom is 0.245 e. The van der Waals surface area contributed by atoms with Gasteiger partial charge in [-0.2, -0.15) is 0 Å². The number of aliphatic hydroxyl groups excluding tert-OH is 1. The van der Waals surface area contributed by atoms with Gasteiger partial charge in [0.05, 0.1) is 50.4 Å². The van der Waals surface area contributed by atoms with Crippen molar-refractivity contribution in [3.05, 3.63) is 24.3 Å². The topological polar surface area (TPSA) is 130 Å². The van der Waals surface area contributed by atoms with Crippen LogP contribution in [0.3, 0.4) is 0 Å². The Morgan fingerprint density at radius 1 is 1.20 bits per heavy atom. The van der Waals surface area contributed by atoms with E-state index >= 15 is 0 Å². The zero-order valence-electron chi connectivity index (χ0n) is 23.9. The SMILES string of the molecule is CCOc1ccc(NC(=O)[C@H]2[C@H]3C(=O)N([C@@H](CO)C(C)C)C(C(=O)NCCN4CCOCC4)C34CC(Br)[C@@H]2O4)cc1. The number of morpholine rings is 1. The summed E-state index contributed by atoms with van der Waals surface area (Å²) in [5.41, 5.74) is -0.598. The van der Waals surface area contributed by atoms with E-state index in [0.717, 1.165) is 13.1 Å². The van der Waals surface area contributed by atoms with E-state index in [2.05, 4.69) is 31.5 Å². The number of carbonyl (C=O) groups is 3. The molecule has 2 bridgehead atoms. The lowest BCUT2D eigenvalue weighted by Gasteiger charge is -2.38. The molecule has 4 fully saturated rings. The highest BCUT2D eigenvalue weighted by Gasteiger charge is 2.77. The standard InChI is InChI=1S/C29H41BrN4O7/c1-4-40-19-7-5-18(6-8-19)32-26(36)22-23-28(38)34(21(16-35)17(2)3)25(29(23)15-20(30)24(22)41-29)27(37)31-9-10-33-11-13-39-14-12-33/h5-8,17,20-25,35H,4,9-16H2,1-3H3,(H,31,37)(H,32,36)/t20?,21-,22-,23-,24-,25?,29?/m0/s1. The normalized spacial score (nSPS) is 31.8. The number of fused-ring (bicyclic) bond motifs is 1. The number of benzene rings is 1. The van der Waals surface area contributed by atoms with Crippen LogP contribution in [0.5, 0.6) is 5.75 Å². The van der Waals surface area contributed by atoms with Gasteiger partial charge in [0.1, 0.15) is 17.4 Å². The fourth-order valence-electron chi connectivity index (χ4n) is 6.93. The molecule has 226 valence electrons. The average molecular weight is 638 g/mol. The van der Waals surface area contributed by atoms with Crippen LogP contribution in [0.15, 0.2) is 24.3 Å². The van der Waals surface area contributed by atoms with Gasteiger partial charge in [-0.3, -0.25) is 19.3 Å². The first-order chi connectivity index (χ1) is 19.7. The third kappa shape index (κ3) is 5.61. The van der Waals surface area contributed by atoms with Crippen LogP contribution >= 0.6 is 15.9 Å². The van der Waals surface area contributed by atoms with Gasteiger partial charge >= 0.3 is 0 Å². The Kier molecular flexibility index (Phi) is 9.25. The summed E-state index contributed by atoms with van der Waals surface area (Å²) in [5, 5.41) is 16.3. The largest absolute Gasteiger partial charge is 0.494 e. The highest BCUT2D eigenvalue weighted by atomic mass is 79.9. The van der Waals surface area contributed by atoms with Crippen molar-refractivity contribution in [2.75, 3.05) is 57.9 Å². The van der Waals surface area contributed by atoms with E-state index in [4.69, 9.17) is 14.2 Å². The maximum atomic E-state index is 14.2. The molecule has 4 aliphatic rings. The molecule has 0 aliphatic carbocycles. The molecule has 4 aliphatic heterocycles. The number of aliphatic hydroxyl groups is 1. The van der Waals surface area contributed by atoms with Crippen LogP contribution in [0.4, 0.5) is 5.69 Å². The number of halogens is 1. The molecule has 7 atom stereocenters. The molecule has 41 heavy (non-hydrogen) atoms. The van der Waals surface area contributed by atoms with E-state index < -0.39 is 35.6 Å². The third-order valence-corrected chi connectivity index (χ3v) is 9.70. The number of hydrogen-bond donors (Lipinski definition) is 3. The summed E-state index contributed by atoms with van der Waals surface area (Å²) >= 11 is 3.70. The van der Waals surface area contributed by atoms with Gasteiger partial charge in [0.2, 0.25) is 17.7 Å². The van der Waals surface area contributed by atoms with Gasteiger partial charge in [-0.1, -0.05) is 29.8 Å². The Labute approximate surface area is 249 Å². The number of nitrogens with zero attached hydrogens (tertiary/aromatic N) is 2. The Morgan fingerprint density at radius 3 is 2.54 bits per heavy atom. The first kappa shape index (κ1) is 30.2. The van der Waals surface area contributed by atoms with Gasteiger partial charge in [0, 0.05) is 36.7 Å². The van der Waals surface area contributed by atoms with E-state index in [1.807, 2.05) is 20.8 Å². The first-order valence-corrected chi connectivity index (χ1v) is 15.5. The van der Waals surface area contributed by atoms with Crippen molar-refractivity contribution in [2.24, 2.45) is 17.8 Å².